The van der Waals surface area contributed by atoms with E-state index in [0.29, 0.717) is 0 Å². The van der Waals surface area contributed by atoms with Crippen molar-refractivity contribution in [2.45, 2.75) is 13.3 Å². The normalized spacial score (nSPS) is 9.55. The number of rotatable bonds is 3. The molecule has 0 unspecified atom stereocenters. The summed E-state index contributed by atoms with van der Waals surface area (Å²) in [4.78, 5) is 4.15. The predicted molar refractivity (Wildman–Crippen MR) is 48.1 cm³/mol. The molecule has 0 atom stereocenters. The minimum absolute atomic E-state index is 0.858. The molecule has 0 saturated heterocycles. The minimum Gasteiger partial charge on any atom is -0.305 e. The molecule has 0 amide bonds. The van der Waals surface area contributed by atoms with Gasteiger partial charge in [-0.15, -0.1) is 0 Å². The van der Waals surface area contributed by atoms with Gasteiger partial charge < -0.3 is 4.57 Å². The van der Waals surface area contributed by atoms with Gasteiger partial charge in [0.25, 0.3) is 0 Å². The Hall–Kier alpha value is -1.31. The zero-order chi connectivity index (χ0) is 8.27. The lowest BCUT2D eigenvalue weighted by molar-refractivity contribution is 0.969. The zero-order valence-electron chi connectivity index (χ0n) is 6.75. The Bertz CT molecular complexity index is 271. The van der Waals surface area contributed by atoms with E-state index in [9.17, 15) is 0 Å². The number of aromatic nitrogens is 2. The SMILES string of the molecule is C=Cc1ncc(CC)n1C=C. The van der Waals surface area contributed by atoms with E-state index in [1.807, 2.05) is 10.8 Å². The van der Waals surface area contributed by atoms with Gasteiger partial charge in [-0.1, -0.05) is 20.1 Å². The molecule has 1 aromatic heterocycles. The summed E-state index contributed by atoms with van der Waals surface area (Å²) < 4.78 is 1.94. The molecule has 0 fully saturated rings. The maximum absolute atomic E-state index is 4.15. The fourth-order valence-electron chi connectivity index (χ4n) is 1.04. The van der Waals surface area contributed by atoms with Gasteiger partial charge in [0, 0.05) is 18.1 Å². The van der Waals surface area contributed by atoms with Crippen molar-refractivity contribution in [2.24, 2.45) is 0 Å². The van der Waals surface area contributed by atoms with Gasteiger partial charge in [-0.3, -0.25) is 0 Å². The summed E-state index contributed by atoms with van der Waals surface area (Å²) in [6, 6.07) is 0. The van der Waals surface area contributed by atoms with Crippen LogP contribution in [0.15, 0.2) is 19.4 Å². The molecule has 0 N–H and O–H groups in total. The van der Waals surface area contributed by atoms with Crippen molar-refractivity contribution >= 4 is 12.3 Å². The number of nitrogens with zero attached hydrogens (tertiary/aromatic N) is 2. The topological polar surface area (TPSA) is 17.8 Å². The summed E-state index contributed by atoms with van der Waals surface area (Å²) in [6.07, 6.45) is 6.29. The van der Waals surface area contributed by atoms with Crippen LogP contribution in [0.1, 0.15) is 18.4 Å². The predicted octanol–water partition coefficient (Wildman–Crippen LogP) is 2.19. The van der Waals surface area contributed by atoms with Gasteiger partial charge in [0.2, 0.25) is 0 Å². The lowest BCUT2D eigenvalue weighted by atomic mass is 10.4. The Morgan fingerprint density at radius 2 is 2.36 bits per heavy atom. The van der Waals surface area contributed by atoms with Crippen LogP contribution in [0.3, 0.4) is 0 Å². The fourth-order valence-corrected chi connectivity index (χ4v) is 1.04. The molecule has 0 aliphatic carbocycles. The Morgan fingerprint density at radius 1 is 1.64 bits per heavy atom. The van der Waals surface area contributed by atoms with E-state index in [1.54, 1.807) is 12.3 Å². The smallest absolute Gasteiger partial charge is 0.136 e. The molecule has 0 spiro atoms. The fraction of sp³-hybridized carbons (Fsp3) is 0.222. The molecule has 2 heteroatoms. The van der Waals surface area contributed by atoms with Crippen LogP contribution in [-0.2, 0) is 6.42 Å². The largest absolute Gasteiger partial charge is 0.305 e. The first-order valence-corrected chi connectivity index (χ1v) is 3.64. The summed E-state index contributed by atoms with van der Waals surface area (Å²) in [6.45, 7) is 9.44. The molecule has 0 aromatic carbocycles. The average Bonchev–Trinajstić information content (AvgIpc) is 2.45. The maximum atomic E-state index is 4.15. The number of hydrogen-bond donors (Lipinski definition) is 0. The number of aryl methyl sites for hydroxylation is 1. The van der Waals surface area contributed by atoms with Crippen LogP contribution in [-0.4, -0.2) is 9.55 Å². The van der Waals surface area contributed by atoms with Crippen LogP contribution >= 0.6 is 0 Å². The molecule has 0 bridgehead atoms. The van der Waals surface area contributed by atoms with Crippen LogP contribution in [0.2, 0.25) is 0 Å². The van der Waals surface area contributed by atoms with Gasteiger partial charge in [0.1, 0.15) is 5.82 Å². The molecule has 2 nitrogen and oxygen atoms in total. The summed E-state index contributed by atoms with van der Waals surface area (Å²) in [7, 11) is 0. The van der Waals surface area contributed by atoms with Crippen molar-refractivity contribution in [2.75, 3.05) is 0 Å². The molecular formula is C9H12N2. The van der Waals surface area contributed by atoms with Gasteiger partial charge >= 0.3 is 0 Å². The van der Waals surface area contributed by atoms with Gasteiger partial charge in [-0.2, -0.15) is 0 Å². The van der Waals surface area contributed by atoms with Crippen molar-refractivity contribution in [1.82, 2.24) is 9.55 Å². The standard InChI is InChI=1S/C9H12N2/c1-4-8-7-10-9(5-2)11(8)6-3/h5-7H,2-4H2,1H3. The van der Waals surface area contributed by atoms with Crippen molar-refractivity contribution < 1.29 is 0 Å². The first kappa shape index (κ1) is 7.79. The third-order valence-corrected chi connectivity index (χ3v) is 1.63. The average molecular weight is 148 g/mol. The lowest BCUT2D eigenvalue weighted by Crippen LogP contribution is -1.94. The Balaban J connectivity index is 3.18. The quantitative estimate of drug-likeness (QED) is 0.642. The van der Waals surface area contributed by atoms with E-state index in [0.717, 1.165) is 17.9 Å². The van der Waals surface area contributed by atoms with Crippen molar-refractivity contribution in [3.63, 3.8) is 0 Å². The molecule has 0 aliphatic heterocycles. The third-order valence-electron chi connectivity index (χ3n) is 1.63. The Labute approximate surface area is 66.9 Å². The minimum atomic E-state index is 0.858. The Morgan fingerprint density at radius 3 is 2.82 bits per heavy atom. The molecule has 1 aromatic rings. The second-order valence-electron chi connectivity index (χ2n) is 2.22. The van der Waals surface area contributed by atoms with Gasteiger partial charge in [-0.25, -0.2) is 4.98 Å². The highest BCUT2D eigenvalue weighted by molar-refractivity contribution is 5.43. The van der Waals surface area contributed by atoms with E-state index in [1.165, 1.54) is 0 Å². The zero-order valence-corrected chi connectivity index (χ0v) is 6.75. The molecular weight excluding hydrogens is 136 g/mol. The number of imidazole rings is 1. The summed E-state index contributed by atoms with van der Waals surface area (Å²) >= 11 is 0. The molecule has 1 heterocycles. The van der Waals surface area contributed by atoms with E-state index in [-0.39, 0.29) is 0 Å². The van der Waals surface area contributed by atoms with E-state index in [2.05, 4.69) is 25.1 Å². The summed E-state index contributed by atoms with van der Waals surface area (Å²) in [5, 5.41) is 0. The van der Waals surface area contributed by atoms with Crippen LogP contribution in [0.25, 0.3) is 12.3 Å². The molecule has 11 heavy (non-hydrogen) atoms. The monoisotopic (exact) mass is 148 g/mol. The second kappa shape index (κ2) is 3.19. The molecule has 0 radical (unpaired) electrons. The number of hydrogen-bond acceptors (Lipinski definition) is 1. The van der Waals surface area contributed by atoms with E-state index in [4.69, 9.17) is 0 Å². The highest BCUT2D eigenvalue weighted by Gasteiger charge is 2.00. The first-order valence-electron chi connectivity index (χ1n) is 3.64. The van der Waals surface area contributed by atoms with Crippen LogP contribution in [0, 0.1) is 0 Å². The van der Waals surface area contributed by atoms with Gasteiger partial charge in [0.05, 0.1) is 0 Å². The van der Waals surface area contributed by atoms with Crippen molar-refractivity contribution in [3.8, 4) is 0 Å². The lowest BCUT2D eigenvalue weighted by Gasteiger charge is -1.99. The maximum Gasteiger partial charge on any atom is 0.136 e. The first-order chi connectivity index (χ1) is 5.33. The van der Waals surface area contributed by atoms with E-state index < -0.39 is 0 Å². The highest BCUT2D eigenvalue weighted by Crippen LogP contribution is 2.07. The van der Waals surface area contributed by atoms with Crippen molar-refractivity contribution in [3.05, 3.63) is 30.9 Å². The molecule has 0 saturated carbocycles. The molecule has 0 aliphatic rings. The van der Waals surface area contributed by atoms with Crippen molar-refractivity contribution in [1.29, 1.82) is 0 Å². The van der Waals surface area contributed by atoms with E-state index >= 15 is 0 Å². The summed E-state index contributed by atoms with van der Waals surface area (Å²) in [5.41, 5.74) is 1.16. The van der Waals surface area contributed by atoms with Crippen LogP contribution in [0.4, 0.5) is 0 Å². The van der Waals surface area contributed by atoms with Gasteiger partial charge in [-0.05, 0) is 12.5 Å². The van der Waals surface area contributed by atoms with Crippen LogP contribution < -0.4 is 0 Å². The Kier molecular flexibility index (Phi) is 2.26. The molecule has 1 rings (SSSR count). The van der Waals surface area contributed by atoms with Gasteiger partial charge in [0.15, 0.2) is 0 Å². The highest BCUT2D eigenvalue weighted by atomic mass is 15.1. The third kappa shape index (κ3) is 1.24. The molecule has 58 valence electrons. The second-order valence-corrected chi connectivity index (χ2v) is 2.22. The van der Waals surface area contributed by atoms with Crippen LogP contribution in [0.5, 0.6) is 0 Å². The summed E-state index contributed by atoms with van der Waals surface area (Å²) in [5.74, 6) is 0.858.